The number of fused-ring (bicyclic) bond motifs is 5. The van der Waals surface area contributed by atoms with Gasteiger partial charge >= 0.3 is 5.97 Å². The Balaban J connectivity index is 1.39. The van der Waals surface area contributed by atoms with Gasteiger partial charge in [-0.15, -0.1) is 0 Å². The Bertz CT molecular complexity index is 978. The molecule has 4 aliphatic carbocycles. The highest BCUT2D eigenvalue weighted by Crippen LogP contribution is 2.66. The maximum atomic E-state index is 13.2. The molecule has 0 spiro atoms. The molecule has 38 heavy (non-hydrogen) atoms. The maximum absolute atomic E-state index is 13.2. The molecule has 6 heteroatoms. The average molecular weight is 531 g/mol. The van der Waals surface area contributed by atoms with Crippen molar-refractivity contribution < 1.29 is 29.6 Å². The molecule has 0 bridgehead atoms. The predicted octanol–water partition coefficient (Wildman–Crippen LogP) is 5.29. The Kier molecular flexibility index (Phi) is 8.39. The fourth-order valence-corrected chi connectivity index (χ4v) is 8.71. The molecule has 0 heterocycles. The molecule has 0 aromatic carbocycles. The minimum atomic E-state index is -0.958. The van der Waals surface area contributed by atoms with Crippen molar-refractivity contribution in [3.05, 3.63) is 23.3 Å². The van der Waals surface area contributed by atoms with Gasteiger partial charge in [-0.05, 0) is 113 Å². The van der Waals surface area contributed by atoms with Gasteiger partial charge in [0.2, 0.25) is 0 Å². The number of esters is 1. The molecule has 4 aliphatic rings. The molecule has 0 aromatic heterocycles. The van der Waals surface area contributed by atoms with Crippen molar-refractivity contribution >= 4 is 11.8 Å². The number of hydrogen-bond donors (Lipinski definition) is 3. The van der Waals surface area contributed by atoms with Crippen LogP contribution in [0.3, 0.4) is 0 Å². The molecule has 9 atom stereocenters. The smallest absolute Gasteiger partial charge is 0.306 e. The maximum Gasteiger partial charge on any atom is 0.306 e. The van der Waals surface area contributed by atoms with Gasteiger partial charge in [-0.1, -0.05) is 32.8 Å². The lowest BCUT2D eigenvalue weighted by atomic mass is 9.49. The highest BCUT2D eigenvalue weighted by molar-refractivity contribution is 6.07. The summed E-state index contributed by atoms with van der Waals surface area (Å²) < 4.78 is 5.71. The number of hydrogen-bond acceptors (Lipinski definition) is 6. The van der Waals surface area contributed by atoms with Gasteiger partial charge in [0.05, 0.1) is 18.3 Å². The van der Waals surface area contributed by atoms with Crippen LogP contribution < -0.4 is 0 Å². The van der Waals surface area contributed by atoms with Crippen LogP contribution in [0.4, 0.5) is 0 Å². The van der Waals surface area contributed by atoms with Crippen molar-refractivity contribution in [2.24, 2.45) is 34.5 Å². The summed E-state index contributed by atoms with van der Waals surface area (Å²) in [4.78, 5) is 25.4. The summed E-state index contributed by atoms with van der Waals surface area (Å²) in [6.07, 6.45) is 9.64. The number of rotatable bonds is 9. The van der Waals surface area contributed by atoms with E-state index < -0.39 is 29.3 Å². The van der Waals surface area contributed by atoms with Crippen LogP contribution in [0.15, 0.2) is 23.3 Å². The van der Waals surface area contributed by atoms with Crippen molar-refractivity contribution in [3.63, 3.8) is 0 Å². The van der Waals surface area contributed by atoms with Gasteiger partial charge in [0.15, 0.2) is 5.78 Å². The van der Waals surface area contributed by atoms with Crippen LogP contribution in [0, 0.1) is 34.5 Å². The third-order valence-electron chi connectivity index (χ3n) is 10.8. The number of aliphatic hydroxyl groups excluding tert-OH is 3. The van der Waals surface area contributed by atoms with Crippen LogP contribution in [0.25, 0.3) is 0 Å². The summed E-state index contributed by atoms with van der Waals surface area (Å²) in [6, 6.07) is 0. The lowest BCUT2D eigenvalue weighted by Gasteiger charge is -2.55. The molecule has 0 aliphatic heterocycles. The van der Waals surface area contributed by atoms with Crippen molar-refractivity contribution in [1.82, 2.24) is 0 Å². The number of ketones is 1. The first kappa shape index (κ1) is 29.5. The monoisotopic (exact) mass is 530 g/mol. The highest BCUT2D eigenvalue weighted by Gasteiger charge is 2.59. The first-order valence-electron chi connectivity index (χ1n) is 14.9. The quantitative estimate of drug-likeness (QED) is 0.350. The molecule has 2 saturated carbocycles. The molecule has 0 amide bonds. The molecule has 0 aromatic rings. The van der Waals surface area contributed by atoms with E-state index in [4.69, 9.17) is 4.74 Å². The van der Waals surface area contributed by atoms with Crippen molar-refractivity contribution in [2.45, 2.75) is 130 Å². The lowest BCUT2D eigenvalue weighted by Crippen LogP contribution is -2.51. The minimum absolute atomic E-state index is 0.0238. The van der Waals surface area contributed by atoms with E-state index in [2.05, 4.69) is 20.8 Å². The second-order valence-electron chi connectivity index (χ2n) is 14.1. The van der Waals surface area contributed by atoms with E-state index in [1.54, 1.807) is 13.0 Å². The van der Waals surface area contributed by atoms with Crippen molar-refractivity contribution in [3.8, 4) is 0 Å². The number of ether oxygens (including phenoxy) is 1. The van der Waals surface area contributed by atoms with E-state index in [1.165, 1.54) is 12.0 Å². The van der Waals surface area contributed by atoms with Gasteiger partial charge in [0, 0.05) is 17.4 Å². The second kappa shape index (κ2) is 10.8. The van der Waals surface area contributed by atoms with Gasteiger partial charge in [-0.3, -0.25) is 9.59 Å². The first-order chi connectivity index (χ1) is 17.7. The van der Waals surface area contributed by atoms with Gasteiger partial charge in [0.1, 0.15) is 5.60 Å². The SMILES string of the molecule is CC(O)CCC(=O)OC(C)(C)CCC[C@@H](C)[C@H]1CCC2C3=CC(=O)C4=C[C@H](O)[C@H](O)C[C@]4(C)C3CC[C@@]21C. The van der Waals surface area contributed by atoms with Gasteiger partial charge < -0.3 is 20.1 Å². The third-order valence-corrected chi connectivity index (χ3v) is 10.8. The van der Waals surface area contributed by atoms with E-state index in [1.807, 2.05) is 19.9 Å². The zero-order valence-corrected chi connectivity index (χ0v) is 24.3. The second-order valence-corrected chi connectivity index (χ2v) is 14.1. The van der Waals surface area contributed by atoms with Crippen LogP contribution >= 0.6 is 0 Å². The topological polar surface area (TPSA) is 104 Å². The third kappa shape index (κ3) is 5.55. The molecule has 3 unspecified atom stereocenters. The summed E-state index contributed by atoms with van der Waals surface area (Å²) >= 11 is 0. The fraction of sp³-hybridized carbons (Fsp3) is 0.812. The fourth-order valence-electron chi connectivity index (χ4n) is 8.71. The summed E-state index contributed by atoms with van der Waals surface area (Å²) in [6.45, 7) is 12.6. The Labute approximate surface area is 228 Å². The normalized spacial score (nSPS) is 38.3. The zero-order valence-electron chi connectivity index (χ0n) is 24.3. The summed E-state index contributed by atoms with van der Waals surface area (Å²) in [5, 5.41) is 30.1. The predicted molar refractivity (Wildman–Crippen MR) is 147 cm³/mol. The highest BCUT2D eigenvalue weighted by atomic mass is 16.6. The molecule has 214 valence electrons. The Morgan fingerprint density at radius 2 is 1.84 bits per heavy atom. The van der Waals surface area contributed by atoms with E-state index >= 15 is 0 Å². The van der Waals surface area contributed by atoms with E-state index in [0.29, 0.717) is 36.2 Å². The number of carbonyl (C=O) groups excluding carboxylic acids is 2. The molecule has 4 rings (SSSR count). The summed E-state index contributed by atoms with van der Waals surface area (Å²) in [5.74, 6) is 1.56. The Morgan fingerprint density at radius 1 is 1.13 bits per heavy atom. The van der Waals surface area contributed by atoms with Crippen LogP contribution in [0.5, 0.6) is 0 Å². The average Bonchev–Trinajstić information content (AvgIpc) is 3.16. The Morgan fingerprint density at radius 3 is 2.53 bits per heavy atom. The molecular weight excluding hydrogens is 480 g/mol. The Hall–Kier alpha value is -1.50. The molecule has 6 nitrogen and oxygen atoms in total. The standard InChI is InChI=1S/C32H50O6/c1-19(8-7-14-30(3,4)38-29(37)12-9-20(2)33)22-10-11-23-21-16-26(34)25-17-27(35)28(36)18-32(25,6)24(21)13-15-31(22,23)5/h16-17,19-20,22-24,27-28,33,35-36H,7-15,18H2,1-6H3/t19-,20?,22-,23?,24?,27+,28-,31-,32-/m1/s1. The van der Waals surface area contributed by atoms with Crippen molar-refractivity contribution in [1.29, 1.82) is 0 Å². The minimum Gasteiger partial charge on any atom is -0.460 e. The van der Waals surface area contributed by atoms with Crippen LogP contribution in [0.1, 0.15) is 106 Å². The molecular formula is C32H50O6. The van der Waals surface area contributed by atoms with Gasteiger partial charge in [-0.25, -0.2) is 0 Å². The molecule has 3 N–H and O–H groups in total. The summed E-state index contributed by atoms with van der Waals surface area (Å²) in [7, 11) is 0. The van der Waals surface area contributed by atoms with E-state index in [0.717, 1.165) is 38.5 Å². The van der Waals surface area contributed by atoms with Crippen LogP contribution in [-0.2, 0) is 14.3 Å². The zero-order chi connectivity index (χ0) is 28.0. The molecule has 0 radical (unpaired) electrons. The first-order valence-corrected chi connectivity index (χ1v) is 14.9. The summed E-state index contributed by atoms with van der Waals surface area (Å²) in [5.41, 5.74) is 1.25. The van der Waals surface area contributed by atoms with Crippen molar-refractivity contribution in [2.75, 3.05) is 0 Å². The largest absolute Gasteiger partial charge is 0.460 e. The lowest BCUT2D eigenvalue weighted by molar-refractivity contribution is -0.157. The van der Waals surface area contributed by atoms with E-state index in [-0.39, 0.29) is 29.5 Å². The van der Waals surface area contributed by atoms with Crippen LogP contribution in [0.2, 0.25) is 0 Å². The van der Waals surface area contributed by atoms with E-state index in [9.17, 15) is 24.9 Å². The number of allylic oxidation sites excluding steroid dienone is 3. The van der Waals surface area contributed by atoms with Gasteiger partial charge in [0.25, 0.3) is 0 Å². The molecule has 2 fully saturated rings. The van der Waals surface area contributed by atoms with Crippen LogP contribution in [-0.4, -0.2) is 51.0 Å². The number of aliphatic hydroxyl groups is 3. The number of carbonyl (C=O) groups is 2. The van der Waals surface area contributed by atoms with Gasteiger partial charge in [-0.2, -0.15) is 0 Å². The molecule has 0 saturated heterocycles.